The molecule has 0 amide bonds. The molecule has 2 aromatic heterocycles. The normalized spacial score (nSPS) is 11.2. The molecule has 0 fully saturated rings. The van der Waals surface area contributed by atoms with Gasteiger partial charge in [-0.3, -0.25) is 10.1 Å². The minimum absolute atomic E-state index is 0.0342. The van der Waals surface area contributed by atoms with E-state index in [2.05, 4.69) is 11.1 Å². The maximum atomic E-state index is 10.9. The number of aromatic nitrogens is 2. The number of rotatable bonds is 5. The Hall–Kier alpha value is -4.02. The van der Waals surface area contributed by atoms with Crippen LogP contribution in [0.5, 0.6) is 0 Å². The van der Waals surface area contributed by atoms with Crippen molar-refractivity contribution in [3.8, 4) is 23.0 Å². The molecule has 140 valence electrons. The minimum Gasteiger partial charge on any atom is -0.317 e. The number of non-ortho nitro benzene ring substituents is 1. The van der Waals surface area contributed by atoms with Gasteiger partial charge in [0.25, 0.3) is 5.69 Å². The van der Waals surface area contributed by atoms with Crippen molar-refractivity contribution in [2.45, 2.75) is 0 Å². The van der Waals surface area contributed by atoms with Gasteiger partial charge in [0.1, 0.15) is 11.1 Å². The molecule has 0 saturated heterocycles. The number of nitro groups is 1. The lowest BCUT2D eigenvalue weighted by molar-refractivity contribution is -0.384. The van der Waals surface area contributed by atoms with Crippen LogP contribution in [0.15, 0.2) is 78.3 Å². The third kappa shape index (κ3) is 3.83. The van der Waals surface area contributed by atoms with Crippen LogP contribution in [-0.2, 0) is 0 Å². The summed E-state index contributed by atoms with van der Waals surface area (Å²) in [5, 5.41) is 23.1. The van der Waals surface area contributed by atoms with Gasteiger partial charge in [-0.15, -0.1) is 11.3 Å². The van der Waals surface area contributed by atoms with Crippen LogP contribution in [0.1, 0.15) is 10.7 Å². The monoisotopic (exact) mass is 398 g/mol. The van der Waals surface area contributed by atoms with Gasteiger partial charge in [-0.2, -0.15) is 5.26 Å². The number of allylic oxidation sites excluding steroid dienone is 1. The minimum atomic E-state index is -0.430. The van der Waals surface area contributed by atoms with E-state index in [0.29, 0.717) is 10.6 Å². The van der Waals surface area contributed by atoms with Gasteiger partial charge in [-0.1, -0.05) is 30.3 Å². The smallest absolute Gasteiger partial charge is 0.269 e. The number of nitriles is 1. The van der Waals surface area contributed by atoms with Crippen LogP contribution in [-0.4, -0.2) is 14.5 Å². The van der Waals surface area contributed by atoms with Gasteiger partial charge in [-0.05, 0) is 30.3 Å². The van der Waals surface area contributed by atoms with Crippen LogP contribution in [0.25, 0.3) is 28.6 Å². The predicted molar refractivity (Wildman–Crippen MR) is 113 cm³/mol. The van der Waals surface area contributed by atoms with Gasteiger partial charge in [0.15, 0.2) is 0 Å². The van der Waals surface area contributed by atoms with E-state index in [0.717, 1.165) is 22.6 Å². The van der Waals surface area contributed by atoms with Gasteiger partial charge >= 0.3 is 0 Å². The Bertz CT molecular complexity index is 1230. The molecule has 0 atom stereocenters. The van der Waals surface area contributed by atoms with Crippen molar-refractivity contribution in [3.63, 3.8) is 0 Å². The summed E-state index contributed by atoms with van der Waals surface area (Å²) in [7, 11) is 0. The maximum absolute atomic E-state index is 10.9. The fourth-order valence-electron chi connectivity index (χ4n) is 2.91. The van der Waals surface area contributed by atoms with Crippen molar-refractivity contribution in [2.24, 2.45) is 0 Å². The summed E-state index contributed by atoms with van der Waals surface area (Å²) < 4.78 is 1.87. The standard InChI is InChI=1S/C22H14N4O2S/c23-14-17(22-24-21(15-29-22)16-5-2-1-3-6-16)13-20-7-4-12-25(20)18-8-10-19(11-9-18)26(27)28/h1-13,15H/b17-13+. The first kappa shape index (κ1) is 18.3. The summed E-state index contributed by atoms with van der Waals surface area (Å²) in [5.74, 6) is 0. The number of hydrogen-bond donors (Lipinski definition) is 0. The quantitative estimate of drug-likeness (QED) is 0.250. The van der Waals surface area contributed by atoms with E-state index in [-0.39, 0.29) is 5.69 Å². The molecule has 2 aromatic carbocycles. The lowest BCUT2D eigenvalue weighted by atomic mass is 10.2. The van der Waals surface area contributed by atoms with Gasteiger partial charge < -0.3 is 4.57 Å². The second-order valence-corrected chi connectivity index (χ2v) is 7.01. The molecular weight excluding hydrogens is 384 g/mol. The summed E-state index contributed by atoms with van der Waals surface area (Å²) in [6.07, 6.45) is 3.62. The van der Waals surface area contributed by atoms with Crippen molar-refractivity contribution in [1.82, 2.24) is 9.55 Å². The van der Waals surface area contributed by atoms with Gasteiger partial charge in [0, 0.05) is 40.7 Å². The van der Waals surface area contributed by atoms with Crippen LogP contribution < -0.4 is 0 Å². The molecule has 29 heavy (non-hydrogen) atoms. The molecule has 0 unspecified atom stereocenters. The fraction of sp³-hybridized carbons (Fsp3) is 0. The molecule has 0 aliphatic heterocycles. The first-order valence-electron chi connectivity index (χ1n) is 8.71. The third-order valence-electron chi connectivity index (χ3n) is 4.34. The number of thiazole rings is 1. The van der Waals surface area contributed by atoms with Gasteiger partial charge in [0.05, 0.1) is 16.2 Å². The average molecular weight is 398 g/mol. The van der Waals surface area contributed by atoms with E-state index in [4.69, 9.17) is 0 Å². The van der Waals surface area contributed by atoms with E-state index in [1.165, 1.54) is 23.5 Å². The molecule has 0 N–H and O–H groups in total. The molecular formula is C22H14N4O2S. The van der Waals surface area contributed by atoms with Gasteiger partial charge in [-0.25, -0.2) is 4.98 Å². The summed E-state index contributed by atoms with van der Waals surface area (Å²) in [4.78, 5) is 15.0. The zero-order valence-corrected chi connectivity index (χ0v) is 15.9. The molecule has 0 radical (unpaired) electrons. The van der Waals surface area contributed by atoms with E-state index >= 15 is 0 Å². The fourth-order valence-corrected chi connectivity index (χ4v) is 3.71. The summed E-state index contributed by atoms with van der Waals surface area (Å²) in [6, 6.07) is 22.1. The second kappa shape index (κ2) is 7.92. The number of hydrogen-bond acceptors (Lipinski definition) is 5. The van der Waals surface area contributed by atoms with Crippen molar-refractivity contribution < 1.29 is 4.92 Å². The van der Waals surface area contributed by atoms with E-state index < -0.39 is 4.92 Å². The molecule has 2 heterocycles. The maximum Gasteiger partial charge on any atom is 0.269 e. The average Bonchev–Trinajstić information content (AvgIpc) is 3.42. The van der Waals surface area contributed by atoms with Crippen molar-refractivity contribution in [3.05, 3.63) is 99.1 Å². The van der Waals surface area contributed by atoms with Crippen LogP contribution in [0.2, 0.25) is 0 Å². The summed E-state index contributed by atoms with van der Waals surface area (Å²) >= 11 is 1.42. The Labute approximate surface area is 170 Å². The topological polar surface area (TPSA) is 84.8 Å². The molecule has 0 aliphatic carbocycles. The van der Waals surface area contributed by atoms with Crippen molar-refractivity contribution in [2.75, 3.05) is 0 Å². The van der Waals surface area contributed by atoms with Crippen molar-refractivity contribution >= 4 is 28.7 Å². The largest absolute Gasteiger partial charge is 0.317 e. The summed E-state index contributed by atoms with van der Waals surface area (Å²) in [6.45, 7) is 0. The zero-order chi connectivity index (χ0) is 20.2. The first-order valence-corrected chi connectivity index (χ1v) is 9.59. The number of benzene rings is 2. The number of nitro benzene ring substituents is 1. The molecule has 0 saturated carbocycles. The van der Waals surface area contributed by atoms with Crippen LogP contribution in [0.3, 0.4) is 0 Å². The Morgan fingerprint density at radius 1 is 1.10 bits per heavy atom. The zero-order valence-electron chi connectivity index (χ0n) is 15.1. The van der Waals surface area contributed by atoms with Crippen molar-refractivity contribution in [1.29, 1.82) is 5.26 Å². The summed E-state index contributed by atoms with van der Waals surface area (Å²) in [5.41, 5.74) is 3.88. The third-order valence-corrected chi connectivity index (χ3v) is 5.21. The highest BCUT2D eigenvalue weighted by atomic mass is 32.1. The van der Waals surface area contributed by atoms with Crippen LogP contribution in [0.4, 0.5) is 5.69 Å². The molecule has 0 aliphatic rings. The molecule has 0 spiro atoms. The lowest BCUT2D eigenvalue weighted by Crippen LogP contribution is -1.96. The second-order valence-electron chi connectivity index (χ2n) is 6.15. The molecule has 6 nitrogen and oxygen atoms in total. The van der Waals surface area contributed by atoms with E-state index in [9.17, 15) is 15.4 Å². The highest BCUT2D eigenvalue weighted by Gasteiger charge is 2.11. The molecule has 7 heteroatoms. The Morgan fingerprint density at radius 3 is 2.55 bits per heavy atom. The Morgan fingerprint density at radius 2 is 1.86 bits per heavy atom. The molecule has 4 aromatic rings. The highest BCUT2D eigenvalue weighted by molar-refractivity contribution is 7.11. The van der Waals surface area contributed by atoms with E-state index in [1.807, 2.05) is 58.6 Å². The van der Waals surface area contributed by atoms with E-state index in [1.54, 1.807) is 18.2 Å². The SMILES string of the molecule is N#C/C(=C\c1cccn1-c1ccc([N+](=O)[O-])cc1)c1nc(-c2ccccc2)cs1. The Balaban J connectivity index is 1.67. The number of nitrogens with zero attached hydrogens (tertiary/aromatic N) is 4. The lowest BCUT2D eigenvalue weighted by Gasteiger charge is -2.06. The first-order chi connectivity index (χ1) is 14.2. The molecule has 4 rings (SSSR count). The highest BCUT2D eigenvalue weighted by Crippen LogP contribution is 2.28. The molecule has 0 bridgehead atoms. The van der Waals surface area contributed by atoms with Crippen LogP contribution in [0, 0.1) is 21.4 Å². The predicted octanol–water partition coefficient (Wildman–Crippen LogP) is 5.57. The Kier molecular flexibility index (Phi) is 5.01. The van der Waals surface area contributed by atoms with Crippen LogP contribution >= 0.6 is 11.3 Å². The van der Waals surface area contributed by atoms with Gasteiger partial charge in [0.2, 0.25) is 0 Å².